The second-order valence-electron chi connectivity index (χ2n) is 11.4. The van der Waals surface area contributed by atoms with E-state index in [4.69, 9.17) is 14.2 Å². The highest BCUT2D eigenvalue weighted by molar-refractivity contribution is 5.93. The van der Waals surface area contributed by atoms with Crippen molar-refractivity contribution in [3.05, 3.63) is 71.8 Å². The van der Waals surface area contributed by atoms with Gasteiger partial charge in [0.1, 0.15) is 31.3 Å². The molecule has 3 N–H and O–H groups in total. The first-order valence-electron chi connectivity index (χ1n) is 15.2. The van der Waals surface area contributed by atoms with Crippen molar-refractivity contribution >= 4 is 29.7 Å². The Bertz CT molecular complexity index is 1250. The van der Waals surface area contributed by atoms with Crippen LogP contribution in [0.2, 0.25) is 0 Å². The van der Waals surface area contributed by atoms with E-state index in [1.807, 2.05) is 79.4 Å². The Balaban J connectivity index is 1.68. The molecule has 0 spiro atoms. The minimum Gasteiger partial charge on any atom is -0.462 e. The van der Waals surface area contributed by atoms with E-state index in [-0.39, 0.29) is 31.9 Å². The van der Waals surface area contributed by atoms with Crippen molar-refractivity contribution in [1.29, 1.82) is 0 Å². The second-order valence-corrected chi connectivity index (χ2v) is 11.4. The Hall–Kier alpha value is -4.29. The standard InChI is InChI=1S/C33H44N4O8/c1-23(2)18-27(35-32(41)29(34-24(3)38)22-44-30(39)20-37-14-16-43-17-15-37)31(40)36-28(19-25-10-6-4-7-11-25)33(42)45-21-26-12-8-5-9-13-26/h4-13,23,27-29H,14-22H2,1-3H3,(H,34,38)(H,35,41)(H,36,40)/t27-,28-,29-/m0/s1. The molecular formula is C33H44N4O8. The van der Waals surface area contributed by atoms with Crippen molar-refractivity contribution in [1.82, 2.24) is 20.9 Å². The summed E-state index contributed by atoms with van der Waals surface area (Å²) in [5, 5.41) is 7.95. The van der Waals surface area contributed by atoms with Crippen LogP contribution in [0.15, 0.2) is 60.7 Å². The summed E-state index contributed by atoms with van der Waals surface area (Å²) in [5.41, 5.74) is 1.61. The molecule has 0 aromatic heterocycles. The highest BCUT2D eigenvalue weighted by atomic mass is 16.5. The molecule has 3 rings (SSSR count). The normalized spacial score (nSPS) is 15.3. The third-order valence-corrected chi connectivity index (χ3v) is 7.01. The molecule has 1 aliphatic heterocycles. The summed E-state index contributed by atoms with van der Waals surface area (Å²) >= 11 is 0. The third-order valence-electron chi connectivity index (χ3n) is 7.01. The van der Waals surface area contributed by atoms with Crippen LogP contribution in [0.4, 0.5) is 0 Å². The Morgan fingerprint density at radius 3 is 1.96 bits per heavy atom. The number of hydrogen-bond donors (Lipinski definition) is 3. The fraction of sp³-hybridized carbons (Fsp3) is 0.485. The van der Waals surface area contributed by atoms with Crippen LogP contribution in [0.5, 0.6) is 0 Å². The van der Waals surface area contributed by atoms with Gasteiger partial charge in [0, 0.05) is 26.4 Å². The van der Waals surface area contributed by atoms with Gasteiger partial charge in [-0.05, 0) is 23.5 Å². The number of amides is 3. The summed E-state index contributed by atoms with van der Waals surface area (Å²) in [6, 6.07) is 15.1. The summed E-state index contributed by atoms with van der Waals surface area (Å²) in [6.07, 6.45) is 0.425. The summed E-state index contributed by atoms with van der Waals surface area (Å²) in [6.45, 7) is 6.87. The molecule has 1 saturated heterocycles. The smallest absolute Gasteiger partial charge is 0.329 e. The van der Waals surface area contributed by atoms with Gasteiger partial charge in [0.2, 0.25) is 17.7 Å². The molecule has 0 bridgehead atoms. The van der Waals surface area contributed by atoms with Gasteiger partial charge in [0.05, 0.1) is 19.8 Å². The summed E-state index contributed by atoms with van der Waals surface area (Å²) in [7, 11) is 0. The topological polar surface area (TPSA) is 152 Å². The van der Waals surface area contributed by atoms with Gasteiger partial charge in [-0.3, -0.25) is 24.1 Å². The lowest BCUT2D eigenvalue weighted by Crippen LogP contribution is -2.57. The zero-order valence-electron chi connectivity index (χ0n) is 26.2. The highest BCUT2D eigenvalue weighted by Crippen LogP contribution is 2.11. The molecular weight excluding hydrogens is 580 g/mol. The van der Waals surface area contributed by atoms with Gasteiger partial charge in [-0.25, -0.2) is 4.79 Å². The number of benzene rings is 2. The van der Waals surface area contributed by atoms with Gasteiger partial charge < -0.3 is 30.2 Å². The number of carbonyl (C=O) groups is 5. The fourth-order valence-corrected chi connectivity index (χ4v) is 4.71. The molecule has 1 aliphatic rings. The minimum atomic E-state index is -1.23. The van der Waals surface area contributed by atoms with E-state index in [9.17, 15) is 24.0 Å². The Labute approximate surface area is 264 Å². The molecule has 2 aromatic carbocycles. The van der Waals surface area contributed by atoms with Crippen LogP contribution < -0.4 is 16.0 Å². The van der Waals surface area contributed by atoms with Crippen LogP contribution in [0.1, 0.15) is 38.3 Å². The zero-order chi connectivity index (χ0) is 32.6. The van der Waals surface area contributed by atoms with Crippen LogP contribution in [-0.4, -0.2) is 92.1 Å². The molecule has 3 amide bonds. The molecule has 0 radical (unpaired) electrons. The molecule has 1 fully saturated rings. The van der Waals surface area contributed by atoms with Gasteiger partial charge >= 0.3 is 11.9 Å². The van der Waals surface area contributed by atoms with Crippen LogP contribution >= 0.6 is 0 Å². The molecule has 0 aliphatic carbocycles. The largest absolute Gasteiger partial charge is 0.462 e. The van der Waals surface area contributed by atoms with Crippen molar-refractivity contribution in [3.63, 3.8) is 0 Å². The average Bonchev–Trinajstić information content (AvgIpc) is 3.02. The van der Waals surface area contributed by atoms with Crippen molar-refractivity contribution in [2.45, 2.75) is 58.3 Å². The highest BCUT2D eigenvalue weighted by Gasteiger charge is 2.31. The van der Waals surface area contributed by atoms with Gasteiger partial charge in [0.15, 0.2) is 0 Å². The number of nitrogens with one attached hydrogen (secondary N) is 3. The number of carbonyl (C=O) groups excluding carboxylic acids is 5. The van der Waals surface area contributed by atoms with Crippen LogP contribution in [0.3, 0.4) is 0 Å². The summed E-state index contributed by atoms with van der Waals surface area (Å²) < 4.78 is 16.2. The van der Waals surface area contributed by atoms with E-state index in [1.165, 1.54) is 6.92 Å². The molecule has 0 saturated carbocycles. The monoisotopic (exact) mass is 624 g/mol. The second kappa shape index (κ2) is 18.5. The Morgan fingerprint density at radius 2 is 1.36 bits per heavy atom. The SMILES string of the molecule is CC(=O)N[C@@H](COC(=O)CN1CCOCC1)C(=O)N[C@@H](CC(C)C)C(=O)N[C@@H](Cc1ccccc1)C(=O)OCc1ccccc1. The Morgan fingerprint density at radius 1 is 0.778 bits per heavy atom. The number of rotatable bonds is 16. The van der Waals surface area contributed by atoms with Crippen LogP contribution in [-0.2, 0) is 51.2 Å². The molecule has 244 valence electrons. The lowest BCUT2D eigenvalue weighted by molar-refractivity contribution is -0.149. The van der Waals surface area contributed by atoms with E-state index in [2.05, 4.69) is 16.0 Å². The molecule has 3 atom stereocenters. The Kier molecular flexibility index (Phi) is 14.5. The lowest BCUT2D eigenvalue weighted by Gasteiger charge is -2.27. The van der Waals surface area contributed by atoms with E-state index >= 15 is 0 Å². The van der Waals surface area contributed by atoms with Crippen LogP contribution in [0.25, 0.3) is 0 Å². The summed E-state index contributed by atoms with van der Waals surface area (Å²) in [5.74, 6) is -2.96. The number of nitrogens with zero attached hydrogens (tertiary/aromatic N) is 1. The minimum absolute atomic E-state index is 0.00998. The van der Waals surface area contributed by atoms with Gasteiger partial charge in [-0.1, -0.05) is 74.5 Å². The first kappa shape index (κ1) is 35.2. The fourth-order valence-electron chi connectivity index (χ4n) is 4.71. The maximum absolute atomic E-state index is 13.6. The molecule has 12 heteroatoms. The first-order valence-corrected chi connectivity index (χ1v) is 15.2. The van der Waals surface area contributed by atoms with Crippen LogP contribution in [0, 0.1) is 5.92 Å². The number of esters is 2. The van der Waals surface area contributed by atoms with Crippen molar-refractivity contribution in [2.24, 2.45) is 5.92 Å². The molecule has 45 heavy (non-hydrogen) atoms. The zero-order valence-corrected chi connectivity index (χ0v) is 26.2. The molecule has 12 nitrogen and oxygen atoms in total. The maximum Gasteiger partial charge on any atom is 0.329 e. The predicted molar refractivity (Wildman–Crippen MR) is 166 cm³/mol. The van der Waals surface area contributed by atoms with Crippen molar-refractivity contribution in [2.75, 3.05) is 39.5 Å². The quantitative estimate of drug-likeness (QED) is 0.235. The van der Waals surface area contributed by atoms with Crippen molar-refractivity contribution < 1.29 is 38.2 Å². The van der Waals surface area contributed by atoms with E-state index in [0.29, 0.717) is 26.3 Å². The van der Waals surface area contributed by atoms with Gasteiger partial charge in [0.25, 0.3) is 0 Å². The first-order chi connectivity index (χ1) is 21.6. The van der Waals surface area contributed by atoms with Gasteiger partial charge in [-0.2, -0.15) is 0 Å². The third kappa shape index (κ3) is 13.1. The number of ether oxygens (including phenoxy) is 3. The lowest BCUT2D eigenvalue weighted by atomic mass is 10.0. The molecule has 2 aromatic rings. The van der Waals surface area contributed by atoms with Crippen molar-refractivity contribution in [3.8, 4) is 0 Å². The van der Waals surface area contributed by atoms with E-state index in [1.54, 1.807) is 0 Å². The maximum atomic E-state index is 13.6. The van der Waals surface area contributed by atoms with E-state index < -0.39 is 54.4 Å². The summed E-state index contributed by atoms with van der Waals surface area (Å²) in [4.78, 5) is 66.3. The average molecular weight is 625 g/mol. The molecule has 1 heterocycles. The molecule has 0 unspecified atom stereocenters. The van der Waals surface area contributed by atoms with Gasteiger partial charge in [-0.15, -0.1) is 0 Å². The number of morpholine rings is 1. The van der Waals surface area contributed by atoms with E-state index in [0.717, 1.165) is 11.1 Å². The predicted octanol–water partition coefficient (Wildman–Crippen LogP) is 1.37. The number of hydrogen-bond acceptors (Lipinski definition) is 9.